The zero-order valence-electron chi connectivity index (χ0n) is 15.3. The highest BCUT2D eigenvalue weighted by molar-refractivity contribution is 7.99. The van der Waals surface area contributed by atoms with Gasteiger partial charge in [0.25, 0.3) is 0 Å². The van der Waals surface area contributed by atoms with Crippen LogP contribution < -0.4 is 4.74 Å². The summed E-state index contributed by atoms with van der Waals surface area (Å²) < 4.78 is 12.5. The molecule has 27 heavy (non-hydrogen) atoms. The molecule has 0 spiro atoms. The van der Waals surface area contributed by atoms with Gasteiger partial charge in [0.05, 0.1) is 12.4 Å². The lowest BCUT2D eigenvalue weighted by Crippen LogP contribution is -2.00. The minimum Gasteiger partial charge on any atom is -0.494 e. The number of thioether (sulfide) groups is 1. The largest absolute Gasteiger partial charge is 0.494 e. The number of pyridine rings is 1. The Labute approximate surface area is 162 Å². The van der Waals surface area contributed by atoms with Gasteiger partial charge in [-0.1, -0.05) is 23.6 Å². The Morgan fingerprint density at radius 1 is 1.11 bits per heavy atom. The fourth-order valence-electron chi connectivity index (χ4n) is 2.41. The minimum atomic E-state index is 0.424. The van der Waals surface area contributed by atoms with Crippen LogP contribution in [0.15, 0.2) is 53.9 Å². The van der Waals surface area contributed by atoms with Crippen LogP contribution in [0.25, 0.3) is 17.1 Å². The van der Waals surface area contributed by atoms with E-state index in [9.17, 15) is 0 Å². The molecule has 7 heteroatoms. The fourth-order valence-corrected chi connectivity index (χ4v) is 3.13. The summed E-state index contributed by atoms with van der Waals surface area (Å²) in [6.07, 6.45) is 3.52. The first-order valence-corrected chi connectivity index (χ1v) is 9.48. The van der Waals surface area contributed by atoms with Crippen molar-refractivity contribution in [1.82, 2.24) is 19.7 Å². The van der Waals surface area contributed by atoms with E-state index in [1.165, 1.54) is 11.8 Å². The highest BCUT2D eigenvalue weighted by Crippen LogP contribution is 2.28. The summed E-state index contributed by atoms with van der Waals surface area (Å²) in [5.74, 6) is 8.18. The lowest BCUT2D eigenvalue weighted by atomic mass is 10.2. The maximum atomic E-state index is 5.54. The Morgan fingerprint density at radius 3 is 2.67 bits per heavy atom. The Kier molecular flexibility index (Phi) is 6.85. The molecule has 3 rings (SSSR count). The second kappa shape index (κ2) is 9.76. The number of nitrogens with zero attached hydrogens (tertiary/aromatic N) is 4. The van der Waals surface area contributed by atoms with Gasteiger partial charge in [0.15, 0.2) is 11.0 Å². The molecular formula is C20H20N4O2S. The van der Waals surface area contributed by atoms with Crippen molar-refractivity contribution in [3.05, 3.63) is 48.8 Å². The van der Waals surface area contributed by atoms with Crippen LogP contribution in [0.3, 0.4) is 0 Å². The molecule has 0 amide bonds. The summed E-state index contributed by atoms with van der Waals surface area (Å²) in [6, 6.07) is 11.7. The van der Waals surface area contributed by atoms with E-state index in [-0.39, 0.29) is 0 Å². The molecule has 0 atom stereocenters. The molecule has 2 aromatic heterocycles. The van der Waals surface area contributed by atoms with Crippen LogP contribution in [-0.2, 0) is 4.74 Å². The fraction of sp³-hybridized carbons (Fsp3) is 0.250. The van der Waals surface area contributed by atoms with Crippen molar-refractivity contribution in [3.8, 4) is 34.7 Å². The van der Waals surface area contributed by atoms with Crippen molar-refractivity contribution in [2.24, 2.45) is 0 Å². The molecule has 138 valence electrons. The van der Waals surface area contributed by atoms with Crippen molar-refractivity contribution in [3.63, 3.8) is 0 Å². The molecule has 1 aromatic carbocycles. The Bertz CT molecular complexity index is 915. The second-order valence-electron chi connectivity index (χ2n) is 5.39. The maximum absolute atomic E-state index is 5.54. The van der Waals surface area contributed by atoms with Crippen LogP contribution in [0.2, 0.25) is 0 Å². The number of hydrogen-bond acceptors (Lipinski definition) is 6. The van der Waals surface area contributed by atoms with E-state index in [0.29, 0.717) is 19.0 Å². The van der Waals surface area contributed by atoms with Gasteiger partial charge >= 0.3 is 0 Å². The average molecular weight is 380 g/mol. The lowest BCUT2D eigenvalue weighted by Gasteiger charge is -2.11. The molecule has 0 aliphatic carbocycles. The van der Waals surface area contributed by atoms with E-state index in [1.807, 2.05) is 47.9 Å². The predicted octanol–water partition coefficient (Wildman–Crippen LogP) is 3.47. The number of ether oxygens (including phenoxy) is 2. The maximum Gasteiger partial charge on any atom is 0.197 e. The third-order valence-electron chi connectivity index (χ3n) is 3.57. The zero-order chi connectivity index (χ0) is 18.9. The second-order valence-corrected chi connectivity index (χ2v) is 6.33. The minimum absolute atomic E-state index is 0.424. The molecule has 0 N–H and O–H groups in total. The van der Waals surface area contributed by atoms with E-state index < -0.39 is 0 Å². The number of methoxy groups -OCH3 is 1. The third kappa shape index (κ3) is 4.88. The van der Waals surface area contributed by atoms with Crippen LogP contribution in [0, 0.1) is 11.8 Å². The topological polar surface area (TPSA) is 62.1 Å². The molecule has 0 fully saturated rings. The molecule has 0 radical (unpaired) electrons. The molecule has 0 saturated heterocycles. The van der Waals surface area contributed by atoms with Gasteiger partial charge in [-0.15, -0.1) is 10.2 Å². The first-order valence-electron chi connectivity index (χ1n) is 8.50. The summed E-state index contributed by atoms with van der Waals surface area (Å²) >= 11 is 1.53. The van der Waals surface area contributed by atoms with Gasteiger partial charge in [0.2, 0.25) is 0 Å². The molecule has 6 nitrogen and oxygen atoms in total. The van der Waals surface area contributed by atoms with Crippen LogP contribution in [0.5, 0.6) is 5.75 Å². The zero-order valence-corrected chi connectivity index (χ0v) is 16.1. The molecule has 3 aromatic rings. The quantitative estimate of drug-likeness (QED) is 0.462. The molecule has 0 unspecified atom stereocenters. The number of hydrogen-bond donors (Lipinski definition) is 0. The van der Waals surface area contributed by atoms with Crippen LogP contribution in [0.1, 0.15) is 6.92 Å². The summed E-state index contributed by atoms with van der Waals surface area (Å²) in [7, 11) is 1.63. The Hall–Kier alpha value is -2.82. The van der Waals surface area contributed by atoms with Gasteiger partial charge in [0.1, 0.15) is 12.4 Å². The Balaban J connectivity index is 1.94. The van der Waals surface area contributed by atoms with Gasteiger partial charge in [-0.3, -0.25) is 9.55 Å². The number of benzene rings is 1. The van der Waals surface area contributed by atoms with Gasteiger partial charge in [0, 0.05) is 30.8 Å². The number of rotatable bonds is 7. The van der Waals surface area contributed by atoms with Gasteiger partial charge in [-0.05, 0) is 43.3 Å². The highest BCUT2D eigenvalue weighted by Gasteiger charge is 2.16. The predicted molar refractivity (Wildman–Crippen MR) is 106 cm³/mol. The van der Waals surface area contributed by atoms with Gasteiger partial charge in [-0.2, -0.15) is 0 Å². The van der Waals surface area contributed by atoms with E-state index in [2.05, 4.69) is 27.0 Å². The van der Waals surface area contributed by atoms with Gasteiger partial charge < -0.3 is 9.47 Å². The molecule has 0 aliphatic rings. The highest BCUT2D eigenvalue weighted by atomic mass is 32.2. The van der Waals surface area contributed by atoms with Crippen LogP contribution in [0.4, 0.5) is 0 Å². The van der Waals surface area contributed by atoms with Crippen LogP contribution in [-0.4, -0.2) is 45.8 Å². The molecule has 0 bridgehead atoms. The van der Waals surface area contributed by atoms with Crippen molar-refractivity contribution in [2.45, 2.75) is 12.1 Å². The first kappa shape index (κ1) is 19.0. The van der Waals surface area contributed by atoms with Crippen molar-refractivity contribution < 1.29 is 9.47 Å². The third-order valence-corrected chi connectivity index (χ3v) is 4.39. The summed E-state index contributed by atoms with van der Waals surface area (Å²) in [4.78, 5) is 4.20. The number of aromatic nitrogens is 4. The van der Waals surface area contributed by atoms with Crippen molar-refractivity contribution in [1.29, 1.82) is 0 Å². The van der Waals surface area contributed by atoms with Crippen molar-refractivity contribution >= 4 is 11.8 Å². The average Bonchev–Trinajstić information content (AvgIpc) is 3.13. The summed E-state index contributed by atoms with van der Waals surface area (Å²) in [6.45, 7) is 3.02. The smallest absolute Gasteiger partial charge is 0.197 e. The first-order chi connectivity index (χ1) is 13.3. The Morgan fingerprint density at radius 2 is 1.96 bits per heavy atom. The summed E-state index contributed by atoms with van der Waals surface area (Å²) in [5.41, 5.74) is 1.85. The molecule has 2 heterocycles. The van der Waals surface area contributed by atoms with E-state index in [4.69, 9.17) is 9.47 Å². The monoisotopic (exact) mass is 380 g/mol. The normalized spacial score (nSPS) is 10.3. The lowest BCUT2D eigenvalue weighted by molar-refractivity contribution is 0.240. The van der Waals surface area contributed by atoms with Crippen molar-refractivity contribution in [2.75, 3.05) is 26.1 Å². The molecule has 0 aliphatic heterocycles. The standard InChI is InChI=1S/C20H20N4O2S/c1-3-26-18-10-8-17(9-11-18)24-19(16-7-6-12-21-15-16)22-23-20(24)27-14-5-4-13-25-2/h6-12,15H,3,13-14H2,1-2H3. The molecular weight excluding hydrogens is 360 g/mol. The van der Waals surface area contributed by atoms with Gasteiger partial charge in [-0.25, -0.2) is 0 Å². The van der Waals surface area contributed by atoms with Crippen LogP contribution >= 0.6 is 11.8 Å². The van der Waals surface area contributed by atoms with E-state index in [0.717, 1.165) is 28.0 Å². The van der Waals surface area contributed by atoms with E-state index in [1.54, 1.807) is 19.5 Å². The SMILES string of the molecule is CCOc1ccc(-n2c(SCC#CCOC)nnc2-c2cccnc2)cc1. The summed E-state index contributed by atoms with van der Waals surface area (Å²) in [5, 5.41) is 9.52. The molecule has 0 saturated carbocycles. The van der Waals surface area contributed by atoms with E-state index >= 15 is 0 Å².